The van der Waals surface area contributed by atoms with E-state index in [1.165, 1.54) is 0 Å². The number of halogens is 1. The SMILES string of the molecule is COc1ccc(CN(C)C(=O)c2ccccc2Cl)c(OC)c1OC. The Morgan fingerprint density at radius 1 is 1.00 bits per heavy atom. The van der Waals surface area contributed by atoms with E-state index >= 15 is 0 Å². The Balaban J connectivity index is 2.30. The fraction of sp³-hybridized carbons (Fsp3) is 0.278. The molecule has 0 saturated heterocycles. The molecule has 0 fully saturated rings. The summed E-state index contributed by atoms with van der Waals surface area (Å²) in [4.78, 5) is 14.2. The largest absolute Gasteiger partial charge is 0.493 e. The highest BCUT2D eigenvalue weighted by Crippen LogP contribution is 2.40. The number of amides is 1. The Morgan fingerprint density at radius 3 is 2.25 bits per heavy atom. The van der Waals surface area contributed by atoms with Gasteiger partial charge in [0, 0.05) is 19.2 Å². The molecule has 0 aliphatic heterocycles. The topological polar surface area (TPSA) is 48.0 Å². The summed E-state index contributed by atoms with van der Waals surface area (Å²) in [5, 5.41) is 0.425. The third-order valence-electron chi connectivity index (χ3n) is 3.64. The van der Waals surface area contributed by atoms with Crippen molar-refractivity contribution in [3.8, 4) is 17.2 Å². The van der Waals surface area contributed by atoms with Crippen molar-refractivity contribution >= 4 is 17.5 Å². The van der Waals surface area contributed by atoms with Gasteiger partial charge < -0.3 is 19.1 Å². The van der Waals surface area contributed by atoms with Crippen LogP contribution in [0.2, 0.25) is 5.02 Å². The van der Waals surface area contributed by atoms with Gasteiger partial charge in [0.15, 0.2) is 11.5 Å². The minimum Gasteiger partial charge on any atom is -0.493 e. The van der Waals surface area contributed by atoms with E-state index in [4.69, 9.17) is 25.8 Å². The van der Waals surface area contributed by atoms with E-state index in [0.717, 1.165) is 5.56 Å². The molecule has 0 N–H and O–H groups in total. The Kier molecular flexibility index (Phi) is 5.93. The molecule has 5 nitrogen and oxygen atoms in total. The molecule has 6 heteroatoms. The zero-order valence-electron chi connectivity index (χ0n) is 14.1. The van der Waals surface area contributed by atoms with E-state index in [1.54, 1.807) is 63.6 Å². The van der Waals surface area contributed by atoms with Gasteiger partial charge in [-0.3, -0.25) is 4.79 Å². The van der Waals surface area contributed by atoms with E-state index in [-0.39, 0.29) is 5.91 Å². The highest BCUT2D eigenvalue weighted by atomic mass is 35.5. The van der Waals surface area contributed by atoms with Gasteiger partial charge in [-0.05, 0) is 24.3 Å². The number of hydrogen-bond acceptors (Lipinski definition) is 4. The van der Waals surface area contributed by atoms with E-state index in [1.807, 2.05) is 6.07 Å². The van der Waals surface area contributed by atoms with Crippen LogP contribution in [0, 0.1) is 0 Å². The van der Waals surface area contributed by atoms with E-state index in [2.05, 4.69) is 0 Å². The summed E-state index contributed by atoms with van der Waals surface area (Å²) in [7, 11) is 6.37. The number of carbonyl (C=O) groups excluding carboxylic acids is 1. The molecule has 0 spiro atoms. The molecular formula is C18H20ClNO4. The summed E-state index contributed by atoms with van der Waals surface area (Å²) >= 11 is 6.10. The lowest BCUT2D eigenvalue weighted by Crippen LogP contribution is -2.26. The van der Waals surface area contributed by atoms with E-state index < -0.39 is 0 Å². The molecule has 24 heavy (non-hydrogen) atoms. The van der Waals surface area contributed by atoms with Gasteiger partial charge in [-0.1, -0.05) is 23.7 Å². The van der Waals surface area contributed by atoms with E-state index in [9.17, 15) is 4.79 Å². The number of carbonyl (C=O) groups is 1. The lowest BCUT2D eigenvalue weighted by atomic mass is 10.1. The maximum atomic E-state index is 12.6. The summed E-state index contributed by atoms with van der Waals surface area (Å²) < 4.78 is 16.1. The second kappa shape index (κ2) is 7.93. The molecule has 2 aromatic rings. The second-order valence-electron chi connectivity index (χ2n) is 5.13. The van der Waals surface area contributed by atoms with Gasteiger partial charge >= 0.3 is 0 Å². The van der Waals surface area contributed by atoms with Gasteiger partial charge in [0.1, 0.15) is 0 Å². The van der Waals surface area contributed by atoms with Crippen molar-refractivity contribution in [2.45, 2.75) is 6.54 Å². The van der Waals surface area contributed by atoms with Crippen LogP contribution in [0.3, 0.4) is 0 Å². The van der Waals surface area contributed by atoms with Crippen molar-refractivity contribution in [3.63, 3.8) is 0 Å². The molecule has 0 radical (unpaired) electrons. The van der Waals surface area contributed by atoms with Crippen LogP contribution in [0.4, 0.5) is 0 Å². The summed E-state index contributed by atoms with van der Waals surface area (Å²) in [5.41, 5.74) is 1.26. The molecule has 2 aromatic carbocycles. The highest BCUT2D eigenvalue weighted by molar-refractivity contribution is 6.33. The predicted molar refractivity (Wildman–Crippen MR) is 93.3 cm³/mol. The van der Waals surface area contributed by atoms with Crippen LogP contribution in [0.5, 0.6) is 17.2 Å². The van der Waals surface area contributed by atoms with Gasteiger partial charge in [0.05, 0.1) is 31.9 Å². The fourth-order valence-electron chi connectivity index (χ4n) is 2.46. The molecule has 0 heterocycles. The normalized spacial score (nSPS) is 10.2. The predicted octanol–water partition coefficient (Wildman–Crippen LogP) is 3.64. The first-order valence-corrected chi connectivity index (χ1v) is 7.69. The van der Waals surface area contributed by atoms with Gasteiger partial charge in [0.25, 0.3) is 5.91 Å². The fourth-order valence-corrected chi connectivity index (χ4v) is 2.67. The maximum absolute atomic E-state index is 12.6. The van der Waals surface area contributed by atoms with Crippen molar-refractivity contribution in [1.82, 2.24) is 4.90 Å². The maximum Gasteiger partial charge on any atom is 0.255 e. The smallest absolute Gasteiger partial charge is 0.255 e. The Bertz CT molecular complexity index is 733. The van der Waals surface area contributed by atoms with Gasteiger partial charge in [-0.15, -0.1) is 0 Å². The van der Waals surface area contributed by atoms with Crippen LogP contribution in [-0.4, -0.2) is 39.2 Å². The number of hydrogen-bond donors (Lipinski definition) is 0. The van der Waals surface area contributed by atoms with Crippen molar-refractivity contribution in [1.29, 1.82) is 0 Å². The first-order valence-electron chi connectivity index (χ1n) is 7.31. The van der Waals surface area contributed by atoms with Crippen LogP contribution in [0.15, 0.2) is 36.4 Å². The van der Waals surface area contributed by atoms with Crippen LogP contribution in [0.1, 0.15) is 15.9 Å². The van der Waals surface area contributed by atoms with Crippen LogP contribution >= 0.6 is 11.6 Å². The van der Waals surface area contributed by atoms with Crippen molar-refractivity contribution in [2.75, 3.05) is 28.4 Å². The molecule has 0 atom stereocenters. The number of nitrogens with zero attached hydrogens (tertiary/aromatic N) is 1. The van der Waals surface area contributed by atoms with Crippen molar-refractivity contribution < 1.29 is 19.0 Å². The highest BCUT2D eigenvalue weighted by Gasteiger charge is 2.20. The quantitative estimate of drug-likeness (QED) is 0.799. The van der Waals surface area contributed by atoms with Crippen LogP contribution < -0.4 is 14.2 Å². The zero-order chi connectivity index (χ0) is 17.7. The average molecular weight is 350 g/mol. The van der Waals surface area contributed by atoms with Crippen molar-refractivity contribution in [3.05, 3.63) is 52.5 Å². The third kappa shape index (κ3) is 3.57. The molecule has 0 unspecified atom stereocenters. The monoisotopic (exact) mass is 349 g/mol. The number of benzene rings is 2. The Labute approximate surface area is 146 Å². The molecule has 0 aromatic heterocycles. The standard InChI is InChI=1S/C18H20ClNO4/c1-20(18(21)13-7-5-6-8-14(13)19)11-12-9-10-15(22-2)17(24-4)16(12)23-3/h5-10H,11H2,1-4H3. The first kappa shape index (κ1) is 17.9. The van der Waals surface area contributed by atoms with Gasteiger partial charge in [0.2, 0.25) is 5.75 Å². The molecule has 0 aliphatic carbocycles. The molecule has 0 aliphatic rings. The molecule has 128 valence electrons. The molecule has 0 saturated carbocycles. The number of ether oxygens (including phenoxy) is 3. The number of methoxy groups -OCH3 is 3. The van der Waals surface area contributed by atoms with Crippen molar-refractivity contribution in [2.24, 2.45) is 0 Å². The lowest BCUT2D eigenvalue weighted by Gasteiger charge is -2.21. The summed E-state index contributed by atoms with van der Waals surface area (Å²) in [6, 6.07) is 10.6. The minimum absolute atomic E-state index is 0.169. The van der Waals surface area contributed by atoms with Crippen LogP contribution in [0.25, 0.3) is 0 Å². The third-order valence-corrected chi connectivity index (χ3v) is 3.97. The van der Waals surface area contributed by atoms with Crippen LogP contribution in [-0.2, 0) is 6.54 Å². The van der Waals surface area contributed by atoms with E-state index in [0.29, 0.717) is 34.4 Å². The molecule has 1 amide bonds. The summed E-state index contributed by atoms with van der Waals surface area (Å²) in [6.45, 7) is 0.341. The Hall–Kier alpha value is -2.40. The molecule has 2 rings (SSSR count). The first-order chi connectivity index (χ1) is 11.5. The van der Waals surface area contributed by atoms with Gasteiger partial charge in [-0.2, -0.15) is 0 Å². The minimum atomic E-state index is -0.169. The molecular weight excluding hydrogens is 330 g/mol. The lowest BCUT2D eigenvalue weighted by molar-refractivity contribution is 0.0784. The van der Waals surface area contributed by atoms with Gasteiger partial charge in [-0.25, -0.2) is 0 Å². The zero-order valence-corrected chi connectivity index (χ0v) is 14.9. The summed E-state index contributed by atoms with van der Waals surface area (Å²) in [6.07, 6.45) is 0. The average Bonchev–Trinajstić information content (AvgIpc) is 2.60. The Morgan fingerprint density at radius 2 is 1.67 bits per heavy atom. The second-order valence-corrected chi connectivity index (χ2v) is 5.54. The molecule has 0 bridgehead atoms. The summed E-state index contributed by atoms with van der Waals surface area (Å²) in [5.74, 6) is 1.43. The number of rotatable bonds is 6.